The Labute approximate surface area is 138 Å². The number of ether oxygens (including phenoxy) is 2. The van der Waals surface area contributed by atoms with Crippen molar-refractivity contribution in [1.82, 2.24) is 4.90 Å². The van der Waals surface area contributed by atoms with Gasteiger partial charge in [-0.3, -0.25) is 0 Å². The smallest absolute Gasteiger partial charge is 0.410 e. The zero-order chi connectivity index (χ0) is 16.6. The van der Waals surface area contributed by atoms with Gasteiger partial charge < -0.3 is 14.4 Å². The Balaban J connectivity index is 1.82. The highest BCUT2D eigenvalue weighted by Gasteiger charge is 2.39. The molecule has 1 saturated heterocycles. The van der Waals surface area contributed by atoms with Crippen LogP contribution in [0.4, 0.5) is 4.79 Å². The fraction of sp³-hybridized carbons (Fsp3) is 0.632. The van der Waals surface area contributed by atoms with E-state index in [0.29, 0.717) is 11.8 Å². The summed E-state index contributed by atoms with van der Waals surface area (Å²) in [5, 5.41) is 0. The van der Waals surface area contributed by atoms with Crippen molar-refractivity contribution in [2.75, 3.05) is 20.2 Å². The molecule has 0 unspecified atom stereocenters. The van der Waals surface area contributed by atoms with E-state index in [2.05, 4.69) is 12.1 Å². The molecule has 4 heteroatoms. The predicted molar refractivity (Wildman–Crippen MR) is 90.0 cm³/mol. The summed E-state index contributed by atoms with van der Waals surface area (Å²) in [6.07, 6.45) is 3.29. The summed E-state index contributed by atoms with van der Waals surface area (Å²) in [6, 6.07) is 6.39. The SMILES string of the molecule is COc1ccc2c(c1)[C@H]1CN(C(=O)OC(C)(C)C)C[C@@H]1CCC2. The highest BCUT2D eigenvalue weighted by atomic mass is 16.6. The van der Waals surface area contributed by atoms with Gasteiger partial charge in [-0.2, -0.15) is 0 Å². The van der Waals surface area contributed by atoms with Gasteiger partial charge >= 0.3 is 6.09 Å². The molecular formula is C19H27NO3. The Morgan fingerprint density at radius 3 is 2.74 bits per heavy atom. The van der Waals surface area contributed by atoms with Crippen LogP contribution < -0.4 is 4.74 Å². The molecule has 2 aliphatic rings. The van der Waals surface area contributed by atoms with E-state index in [-0.39, 0.29) is 6.09 Å². The predicted octanol–water partition coefficient (Wildman–Crippen LogP) is 3.98. The van der Waals surface area contributed by atoms with E-state index in [1.165, 1.54) is 24.0 Å². The van der Waals surface area contributed by atoms with Crippen molar-refractivity contribution in [3.05, 3.63) is 29.3 Å². The number of hydrogen-bond acceptors (Lipinski definition) is 3. The largest absolute Gasteiger partial charge is 0.497 e. The molecule has 1 aliphatic heterocycles. The summed E-state index contributed by atoms with van der Waals surface area (Å²) in [6.45, 7) is 7.30. The minimum Gasteiger partial charge on any atom is -0.497 e. The first-order valence-electron chi connectivity index (χ1n) is 8.52. The standard InChI is InChI=1S/C19H27NO3/c1-19(2,3)23-18(21)20-11-14-7-5-6-13-8-9-15(22-4)10-16(13)17(14)12-20/h8-10,14,17H,5-7,11-12H2,1-4H3/t14-,17-/m0/s1. The van der Waals surface area contributed by atoms with E-state index >= 15 is 0 Å². The first-order valence-corrected chi connectivity index (χ1v) is 8.52. The van der Waals surface area contributed by atoms with Crippen LogP contribution in [0.1, 0.15) is 50.7 Å². The second-order valence-electron chi connectivity index (χ2n) is 7.71. The van der Waals surface area contributed by atoms with Crippen molar-refractivity contribution >= 4 is 6.09 Å². The Morgan fingerprint density at radius 1 is 1.26 bits per heavy atom. The Morgan fingerprint density at radius 2 is 2.04 bits per heavy atom. The minimum absolute atomic E-state index is 0.185. The van der Waals surface area contributed by atoms with Gasteiger partial charge in [0, 0.05) is 19.0 Å². The van der Waals surface area contributed by atoms with Gasteiger partial charge in [-0.25, -0.2) is 4.79 Å². The topological polar surface area (TPSA) is 38.8 Å². The number of benzene rings is 1. The van der Waals surface area contributed by atoms with Gasteiger partial charge in [-0.15, -0.1) is 0 Å². The monoisotopic (exact) mass is 317 g/mol. The maximum absolute atomic E-state index is 12.4. The molecule has 1 heterocycles. The molecule has 3 rings (SSSR count). The Bertz CT molecular complexity index is 591. The number of carbonyl (C=O) groups is 1. The summed E-state index contributed by atoms with van der Waals surface area (Å²) in [7, 11) is 1.71. The molecule has 4 nitrogen and oxygen atoms in total. The molecule has 0 N–H and O–H groups in total. The molecule has 1 aliphatic carbocycles. The van der Waals surface area contributed by atoms with Crippen molar-refractivity contribution in [2.45, 2.75) is 51.6 Å². The second-order valence-corrected chi connectivity index (χ2v) is 7.71. The molecule has 1 aromatic rings. The lowest BCUT2D eigenvalue weighted by atomic mass is 9.87. The molecule has 0 aromatic heterocycles. The molecule has 1 aromatic carbocycles. The number of amides is 1. The normalized spacial score (nSPS) is 23.7. The minimum atomic E-state index is -0.442. The molecule has 1 fully saturated rings. The third kappa shape index (κ3) is 3.46. The summed E-state index contributed by atoms with van der Waals surface area (Å²) in [5.41, 5.74) is 2.32. The maximum atomic E-state index is 12.4. The van der Waals surface area contributed by atoms with E-state index in [0.717, 1.165) is 25.3 Å². The van der Waals surface area contributed by atoms with Crippen LogP contribution in [0.25, 0.3) is 0 Å². The lowest BCUT2D eigenvalue weighted by Crippen LogP contribution is -2.35. The lowest BCUT2D eigenvalue weighted by molar-refractivity contribution is 0.0286. The number of methoxy groups -OCH3 is 1. The second kappa shape index (κ2) is 6.06. The fourth-order valence-corrected chi connectivity index (χ4v) is 3.82. The van der Waals surface area contributed by atoms with Crippen LogP contribution in [0.3, 0.4) is 0 Å². The molecule has 0 bridgehead atoms. The van der Waals surface area contributed by atoms with Gasteiger partial charge in [0.2, 0.25) is 0 Å². The van der Waals surface area contributed by atoms with Crippen LogP contribution in [0.2, 0.25) is 0 Å². The van der Waals surface area contributed by atoms with E-state index < -0.39 is 5.60 Å². The molecule has 1 amide bonds. The molecule has 0 saturated carbocycles. The van der Waals surface area contributed by atoms with Crippen LogP contribution >= 0.6 is 0 Å². The molecule has 0 radical (unpaired) electrons. The summed E-state index contributed by atoms with van der Waals surface area (Å²) in [5.74, 6) is 1.83. The van der Waals surface area contributed by atoms with Gasteiger partial charge in [0.1, 0.15) is 11.4 Å². The Kier molecular flexibility index (Phi) is 4.26. The first kappa shape index (κ1) is 16.2. The van der Waals surface area contributed by atoms with Crippen LogP contribution in [0.15, 0.2) is 18.2 Å². The molecule has 23 heavy (non-hydrogen) atoms. The van der Waals surface area contributed by atoms with Gasteiger partial charge in [0.25, 0.3) is 0 Å². The van der Waals surface area contributed by atoms with Crippen LogP contribution in [0, 0.1) is 5.92 Å². The summed E-state index contributed by atoms with van der Waals surface area (Å²) in [4.78, 5) is 14.3. The number of likely N-dealkylation sites (tertiary alicyclic amines) is 1. The van der Waals surface area contributed by atoms with Crippen molar-refractivity contribution < 1.29 is 14.3 Å². The number of aryl methyl sites for hydroxylation is 1. The highest BCUT2D eigenvalue weighted by Crippen LogP contribution is 2.41. The van der Waals surface area contributed by atoms with E-state index in [9.17, 15) is 4.79 Å². The van der Waals surface area contributed by atoms with E-state index in [4.69, 9.17) is 9.47 Å². The van der Waals surface area contributed by atoms with Crippen LogP contribution in [-0.2, 0) is 11.2 Å². The third-order valence-electron chi connectivity index (χ3n) is 4.87. The van der Waals surface area contributed by atoms with Gasteiger partial charge in [0.05, 0.1) is 7.11 Å². The summed E-state index contributed by atoms with van der Waals surface area (Å²) >= 11 is 0. The highest BCUT2D eigenvalue weighted by molar-refractivity contribution is 5.69. The number of nitrogens with zero attached hydrogens (tertiary/aromatic N) is 1. The molecule has 2 atom stereocenters. The van der Waals surface area contributed by atoms with Crippen molar-refractivity contribution in [3.63, 3.8) is 0 Å². The van der Waals surface area contributed by atoms with Crippen molar-refractivity contribution in [1.29, 1.82) is 0 Å². The van der Waals surface area contributed by atoms with E-state index in [1.54, 1.807) is 7.11 Å². The maximum Gasteiger partial charge on any atom is 0.410 e. The zero-order valence-corrected chi connectivity index (χ0v) is 14.6. The van der Waals surface area contributed by atoms with Crippen molar-refractivity contribution in [3.8, 4) is 5.75 Å². The fourth-order valence-electron chi connectivity index (χ4n) is 3.82. The van der Waals surface area contributed by atoms with Crippen molar-refractivity contribution in [2.24, 2.45) is 5.92 Å². The average Bonchev–Trinajstić information content (AvgIpc) is 2.83. The lowest BCUT2D eigenvalue weighted by Gasteiger charge is -2.24. The molecule has 126 valence electrons. The number of rotatable bonds is 1. The quantitative estimate of drug-likeness (QED) is 0.786. The average molecular weight is 317 g/mol. The number of hydrogen-bond donors (Lipinski definition) is 0. The van der Waals surface area contributed by atoms with Gasteiger partial charge in [-0.05, 0) is 69.2 Å². The third-order valence-corrected chi connectivity index (χ3v) is 4.87. The van der Waals surface area contributed by atoms with Crippen LogP contribution in [-0.4, -0.2) is 36.8 Å². The number of carbonyl (C=O) groups excluding carboxylic acids is 1. The van der Waals surface area contributed by atoms with Gasteiger partial charge in [0.15, 0.2) is 0 Å². The summed E-state index contributed by atoms with van der Waals surface area (Å²) < 4.78 is 11.0. The van der Waals surface area contributed by atoms with Crippen LogP contribution in [0.5, 0.6) is 5.75 Å². The first-order chi connectivity index (χ1) is 10.9. The van der Waals surface area contributed by atoms with E-state index in [1.807, 2.05) is 31.7 Å². The zero-order valence-electron chi connectivity index (χ0n) is 14.6. The Hall–Kier alpha value is -1.71. The molecular weight excluding hydrogens is 290 g/mol. The number of fused-ring (bicyclic) bond motifs is 3. The molecule has 0 spiro atoms. The van der Waals surface area contributed by atoms with Gasteiger partial charge in [-0.1, -0.05) is 6.07 Å².